The molecule has 0 heterocycles. The molecule has 41 heavy (non-hydrogen) atoms. The van der Waals surface area contributed by atoms with Crippen LogP contribution in [0.4, 0.5) is 9.59 Å². The van der Waals surface area contributed by atoms with Crippen molar-refractivity contribution >= 4 is 35.4 Å². The second kappa shape index (κ2) is 10.4. The van der Waals surface area contributed by atoms with Gasteiger partial charge in [-0.25, -0.2) is 9.59 Å². The molecule has 0 aromatic heterocycles. The number of carbonyl (C=O) groups excluding carboxylic acids is 4. The largest absolute Gasteiger partial charge is 0.519 e. The highest BCUT2D eigenvalue weighted by Gasteiger charge is 2.43. The number of ether oxygens (including phenoxy) is 4. The number of allylic oxidation sites excluding steroid dienone is 2. The third-order valence-corrected chi connectivity index (χ3v) is 6.50. The van der Waals surface area contributed by atoms with Crippen LogP contribution in [0.15, 0.2) is 114 Å². The van der Waals surface area contributed by atoms with E-state index in [0.29, 0.717) is 0 Å². The summed E-state index contributed by atoms with van der Waals surface area (Å²) in [5.74, 6) is -1.08. The predicted molar refractivity (Wildman–Crippen MR) is 147 cm³/mol. The molecule has 0 fully saturated rings. The van der Waals surface area contributed by atoms with E-state index >= 15 is 0 Å². The number of benzene rings is 4. The Hall–Kier alpha value is -5.76. The van der Waals surface area contributed by atoms with Gasteiger partial charge in [0, 0.05) is 22.3 Å². The summed E-state index contributed by atoms with van der Waals surface area (Å²) in [6.45, 7) is 1.80. The van der Waals surface area contributed by atoms with Gasteiger partial charge in [-0.1, -0.05) is 78.4 Å². The van der Waals surface area contributed by atoms with Gasteiger partial charge in [0.25, 0.3) is 0 Å². The van der Waals surface area contributed by atoms with E-state index in [4.69, 9.17) is 18.9 Å². The lowest BCUT2D eigenvalue weighted by Crippen LogP contribution is -2.29. The summed E-state index contributed by atoms with van der Waals surface area (Å²) in [5, 5.41) is 0. The molecular formula is C33H20O8. The molecule has 4 aromatic carbocycles. The maximum absolute atomic E-state index is 13.9. The first kappa shape index (κ1) is 25.5. The lowest BCUT2D eigenvalue weighted by molar-refractivity contribution is 0.0979. The van der Waals surface area contributed by atoms with E-state index < -0.39 is 23.9 Å². The summed E-state index contributed by atoms with van der Waals surface area (Å²) >= 11 is 0. The van der Waals surface area contributed by atoms with Crippen LogP contribution in [-0.4, -0.2) is 23.9 Å². The molecule has 6 rings (SSSR count). The molecule has 0 atom stereocenters. The number of Topliss-reactive ketones (excluding diaryl/α,β-unsaturated/α-hetero) is 2. The summed E-state index contributed by atoms with van der Waals surface area (Å²) in [6.07, 6.45) is -2.23. The molecule has 0 aliphatic heterocycles. The minimum atomic E-state index is -1.12. The quantitative estimate of drug-likeness (QED) is 0.201. The fourth-order valence-corrected chi connectivity index (χ4v) is 4.71. The van der Waals surface area contributed by atoms with E-state index in [9.17, 15) is 19.2 Å². The summed E-state index contributed by atoms with van der Waals surface area (Å²) in [4.78, 5) is 53.7. The molecule has 0 radical (unpaired) electrons. The minimum absolute atomic E-state index is 0.148. The molecule has 8 nitrogen and oxygen atoms in total. The maximum atomic E-state index is 13.9. The van der Waals surface area contributed by atoms with E-state index in [2.05, 4.69) is 0 Å². The van der Waals surface area contributed by atoms with Gasteiger partial charge in [0.2, 0.25) is 0 Å². The van der Waals surface area contributed by atoms with Crippen molar-refractivity contribution in [3.05, 3.63) is 142 Å². The fourth-order valence-electron chi connectivity index (χ4n) is 4.71. The highest BCUT2D eigenvalue weighted by molar-refractivity contribution is 6.34. The van der Waals surface area contributed by atoms with E-state index in [0.717, 1.165) is 5.56 Å². The SMILES string of the molecule is Cc1ccc2c(c1)C(OC(=O)Oc1ccccc1)=C1C(=O)c3ccccc3C(OC(=O)Oc3ccccc3)=C1C2=O. The number of ketones is 2. The Morgan fingerprint density at radius 2 is 0.927 bits per heavy atom. The van der Waals surface area contributed by atoms with Gasteiger partial charge in [-0.2, -0.15) is 0 Å². The van der Waals surface area contributed by atoms with Crippen LogP contribution in [0.1, 0.15) is 37.4 Å². The zero-order chi connectivity index (χ0) is 28.5. The standard InChI is InChI=1S/C33H20O8/c1-19-16-17-23-25(18-19)31(41-33(37)39-21-12-6-3-7-13-21)27-26(29(23)35)30(24-15-9-8-14-22(24)28(27)34)40-32(36)38-20-10-4-2-5-11-20/h2-18H,1H3. The Kier molecular flexibility index (Phi) is 6.49. The predicted octanol–water partition coefficient (Wildman–Crippen LogP) is 6.94. The van der Waals surface area contributed by atoms with Crippen molar-refractivity contribution in [2.45, 2.75) is 6.92 Å². The van der Waals surface area contributed by atoms with Gasteiger partial charge < -0.3 is 18.9 Å². The first-order valence-corrected chi connectivity index (χ1v) is 12.6. The van der Waals surface area contributed by atoms with Crippen molar-refractivity contribution in [2.75, 3.05) is 0 Å². The molecule has 200 valence electrons. The van der Waals surface area contributed by atoms with Gasteiger partial charge >= 0.3 is 12.3 Å². The maximum Gasteiger partial charge on any atom is 0.519 e. The molecule has 8 heteroatoms. The number of hydrogen-bond acceptors (Lipinski definition) is 8. The van der Waals surface area contributed by atoms with Crippen LogP contribution in [0, 0.1) is 6.92 Å². The summed E-state index contributed by atoms with van der Waals surface area (Å²) < 4.78 is 21.9. The van der Waals surface area contributed by atoms with E-state index in [1.54, 1.807) is 104 Å². The van der Waals surface area contributed by atoms with Crippen LogP contribution in [0.2, 0.25) is 0 Å². The van der Waals surface area contributed by atoms with E-state index in [1.165, 1.54) is 6.07 Å². The van der Waals surface area contributed by atoms with Crippen LogP contribution in [0.3, 0.4) is 0 Å². The van der Waals surface area contributed by atoms with Crippen molar-refractivity contribution in [1.82, 2.24) is 0 Å². The topological polar surface area (TPSA) is 105 Å². The van der Waals surface area contributed by atoms with Crippen LogP contribution in [-0.2, 0) is 9.47 Å². The van der Waals surface area contributed by atoms with Crippen molar-refractivity contribution in [3.8, 4) is 11.5 Å². The molecule has 0 bridgehead atoms. The Bertz CT molecular complexity index is 1800. The summed E-state index contributed by atoms with van der Waals surface area (Å²) in [6, 6.07) is 27.8. The number of aryl methyl sites for hydroxylation is 1. The second-order valence-corrected chi connectivity index (χ2v) is 9.20. The summed E-state index contributed by atoms with van der Waals surface area (Å²) in [5.41, 5.74) is 1.07. The Balaban J connectivity index is 1.52. The Labute approximate surface area is 234 Å². The van der Waals surface area contributed by atoms with Gasteiger partial charge in [-0.05, 0) is 37.3 Å². The first-order valence-electron chi connectivity index (χ1n) is 12.6. The fraction of sp³-hybridized carbons (Fsp3) is 0.0303. The van der Waals surface area contributed by atoms with Crippen molar-refractivity contribution in [1.29, 1.82) is 0 Å². The van der Waals surface area contributed by atoms with Crippen molar-refractivity contribution in [3.63, 3.8) is 0 Å². The number of rotatable bonds is 4. The molecule has 2 aliphatic rings. The van der Waals surface area contributed by atoms with Crippen molar-refractivity contribution < 1.29 is 38.1 Å². The molecule has 0 saturated carbocycles. The van der Waals surface area contributed by atoms with E-state index in [-0.39, 0.29) is 56.4 Å². The molecule has 0 saturated heterocycles. The summed E-state index contributed by atoms with van der Waals surface area (Å²) in [7, 11) is 0. The molecule has 0 unspecified atom stereocenters. The van der Waals surface area contributed by atoms with Crippen LogP contribution >= 0.6 is 0 Å². The monoisotopic (exact) mass is 544 g/mol. The van der Waals surface area contributed by atoms with Gasteiger partial charge in [0.1, 0.15) is 11.5 Å². The average molecular weight is 545 g/mol. The Morgan fingerprint density at radius 3 is 1.46 bits per heavy atom. The highest BCUT2D eigenvalue weighted by atomic mass is 16.7. The average Bonchev–Trinajstić information content (AvgIpc) is 2.97. The normalized spacial score (nSPS) is 13.6. The molecule has 2 aliphatic carbocycles. The van der Waals surface area contributed by atoms with Gasteiger partial charge in [0.05, 0.1) is 11.1 Å². The zero-order valence-electron chi connectivity index (χ0n) is 21.6. The van der Waals surface area contributed by atoms with E-state index in [1.807, 2.05) is 0 Å². The first-order chi connectivity index (χ1) is 19.9. The zero-order valence-corrected chi connectivity index (χ0v) is 21.6. The molecule has 0 spiro atoms. The smallest absolute Gasteiger partial charge is 0.395 e. The lowest BCUT2D eigenvalue weighted by atomic mass is 9.76. The van der Waals surface area contributed by atoms with Crippen LogP contribution in [0.5, 0.6) is 11.5 Å². The lowest BCUT2D eigenvalue weighted by Gasteiger charge is -2.29. The minimum Gasteiger partial charge on any atom is -0.395 e. The highest BCUT2D eigenvalue weighted by Crippen LogP contribution is 2.45. The number of fused-ring (bicyclic) bond motifs is 3. The third kappa shape index (κ3) is 4.79. The molecule has 0 amide bonds. The number of para-hydroxylation sites is 2. The van der Waals surface area contributed by atoms with Gasteiger partial charge in [-0.3, -0.25) is 9.59 Å². The van der Waals surface area contributed by atoms with Crippen LogP contribution < -0.4 is 9.47 Å². The Morgan fingerprint density at radius 1 is 0.488 bits per heavy atom. The van der Waals surface area contributed by atoms with Gasteiger partial charge in [-0.15, -0.1) is 0 Å². The number of carbonyl (C=O) groups is 4. The van der Waals surface area contributed by atoms with Crippen molar-refractivity contribution in [2.24, 2.45) is 0 Å². The molecule has 0 N–H and O–H groups in total. The second-order valence-electron chi connectivity index (χ2n) is 9.20. The molecular weight excluding hydrogens is 524 g/mol. The number of hydrogen-bond donors (Lipinski definition) is 0. The molecule has 4 aromatic rings. The van der Waals surface area contributed by atoms with Gasteiger partial charge in [0.15, 0.2) is 23.1 Å². The third-order valence-electron chi connectivity index (χ3n) is 6.50. The van der Waals surface area contributed by atoms with Crippen LogP contribution in [0.25, 0.3) is 11.5 Å².